The highest BCUT2D eigenvalue weighted by Crippen LogP contribution is 2.34. The number of aromatic nitrogens is 6. The topological polar surface area (TPSA) is 71.8 Å². The van der Waals surface area contributed by atoms with E-state index < -0.39 is 0 Å². The number of hydrogen-bond acceptors (Lipinski definition) is 4. The lowest BCUT2D eigenvalue weighted by Gasteiger charge is -2.11. The average molecular weight is 477 g/mol. The van der Waals surface area contributed by atoms with Gasteiger partial charge >= 0.3 is 5.69 Å². The monoisotopic (exact) mass is 476 g/mol. The first-order chi connectivity index (χ1) is 17.5. The van der Waals surface area contributed by atoms with Crippen LogP contribution in [0.5, 0.6) is 5.75 Å². The quantitative estimate of drug-likeness (QED) is 0.384. The predicted molar refractivity (Wildman–Crippen MR) is 140 cm³/mol. The fraction of sp³-hybridized carbons (Fsp3) is 0.179. The maximum Gasteiger partial charge on any atom is 0.328 e. The minimum atomic E-state index is -0.0473. The highest BCUT2D eigenvalue weighted by atomic mass is 16.5. The summed E-state index contributed by atoms with van der Waals surface area (Å²) in [4.78, 5) is 21.9. The lowest BCUT2D eigenvalue weighted by Crippen LogP contribution is -2.19. The Bertz CT molecular complexity index is 1880. The van der Waals surface area contributed by atoms with Crippen molar-refractivity contribution < 1.29 is 4.74 Å². The first-order valence-electron chi connectivity index (χ1n) is 11.9. The first kappa shape index (κ1) is 20.8. The molecule has 6 aromatic rings. The van der Waals surface area contributed by atoms with Gasteiger partial charge in [0.15, 0.2) is 5.82 Å². The van der Waals surface area contributed by atoms with E-state index in [1.165, 1.54) is 5.56 Å². The van der Waals surface area contributed by atoms with Gasteiger partial charge in [-0.3, -0.25) is 13.7 Å². The third-order valence-electron chi connectivity index (χ3n) is 7.24. The molecular weight excluding hydrogens is 452 g/mol. The van der Waals surface area contributed by atoms with Crippen LogP contribution in [0.25, 0.3) is 50.4 Å². The summed E-state index contributed by atoms with van der Waals surface area (Å²) in [6, 6.07) is 18.9. The van der Waals surface area contributed by atoms with Gasteiger partial charge in [0.1, 0.15) is 11.4 Å². The van der Waals surface area contributed by atoms with Gasteiger partial charge in [0.25, 0.3) is 0 Å². The van der Waals surface area contributed by atoms with Crippen LogP contribution in [0, 0.1) is 0 Å². The molecule has 36 heavy (non-hydrogen) atoms. The summed E-state index contributed by atoms with van der Waals surface area (Å²) in [7, 11) is 5.56. The summed E-state index contributed by atoms with van der Waals surface area (Å²) in [5.74, 6) is 1.78. The number of rotatable bonds is 3. The predicted octanol–water partition coefficient (Wildman–Crippen LogP) is 4.22. The van der Waals surface area contributed by atoms with Gasteiger partial charge in [-0.25, -0.2) is 14.8 Å². The van der Waals surface area contributed by atoms with Crippen LogP contribution >= 0.6 is 0 Å². The van der Waals surface area contributed by atoms with Crippen LogP contribution in [-0.2, 0) is 27.6 Å². The van der Waals surface area contributed by atoms with Gasteiger partial charge in [0.05, 0.1) is 41.2 Å². The molecule has 0 saturated heterocycles. The second-order valence-corrected chi connectivity index (χ2v) is 9.36. The zero-order chi connectivity index (χ0) is 24.6. The van der Waals surface area contributed by atoms with Gasteiger partial charge in [-0.15, -0.1) is 0 Å². The summed E-state index contributed by atoms with van der Waals surface area (Å²) >= 11 is 0. The molecule has 7 rings (SSSR count). The summed E-state index contributed by atoms with van der Waals surface area (Å²) < 4.78 is 13.1. The van der Waals surface area contributed by atoms with Crippen LogP contribution in [0.15, 0.2) is 71.9 Å². The average Bonchev–Trinajstić information content (AvgIpc) is 3.66. The molecule has 0 aliphatic carbocycles. The minimum Gasteiger partial charge on any atom is -0.493 e. The van der Waals surface area contributed by atoms with Crippen LogP contribution in [0.2, 0.25) is 0 Å². The molecule has 0 saturated carbocycles. The van der Waals surface area contributed by atoms with E-state index in [4.69, 9.17) is 9.72 Å². The Morgan fingerprint density at radius 2 is 1.64 bits per heavy atom. The van der Waals surface area contributed by atoms with E-state index in [1.807, 2.05) is 36.0 Å². The molecule has 0 amide bonds. The van der Waals surface area contributed by atoms with E-state index in [-0.39, 0.29) is 5.69 Å². The number of nitrogens with zero attached hydrogens (tertiary/aromatic N) is 6. The number of fused-ring (bicyclic) bond motifs is 3. The van der Waals surface area contributed by atoms with Crippen molar-refractivity contribution in [2.75, 3.05) is 6.61 Å². The van der Waals surface area contributed by atoms with E-state index in [0.29, 0.717) is 0 Å². The molecule has 0 spiro atoms. The molecule has 0 unspecified atom stereocenters. The molecule has 4 heterocycles. The van der Waals surface area contributed by atoms with Crippen molar-refractivity contribution in [3.05, 3.63) is 83.2 Å². The minimum absolute atomic E-state index is 0.0473. The van der Waals surface area contributed by atoms with Crippen molar-refractivity contribution in [2.24, 2.45) is 21.1 Å². The fourth-order valence-electron chi connectivity index (χ4n) is 5.27. The van der Waals surface area contributed by atoms with Crippen molar-refractivity contribution in [2.45, 2.75) is 6.42 Å². The molecule has 0 atom stereocenters. The van der Waals surface area contributed by atoms with Gasteiger partial charge in [-0.05, 0) is 59.2 Å². The van der Waals surface area contributed by atoms with Crippen LogP contribution in [0.1, 0.15) is 5.56 Å². The van der Waals surface area contributed by atoms with Crippen molar-refractivity contribution in [3.8, 4) is 34.1 Å². The van der Waals surface area contributed by atoms with Gasteiger partial charge in [-0.1, -0.05) is 12.1 Å². The molecule has 0 bridgehead atoms. The maximum atomic E-state index is 12.5. The molecule has 178 valence electrons. The number of benzene rings is 3. The number of ether oxygens (including phenoxy) is 1. The maximum absolute atomic E-state index is 12.5. The summed E-state index contributed by atoms with van der Waals surface area (Å²) in [5.41, 5.74) is 8.94. The van der Waals surface area contributed by atoms with Crippen molar-refractivity contribution in [3.63, 3.8) is 0 Å². The second kappa shape index (κ2) is 7.45. The molecule has 1 aliphatic rings. The lowest BCUT2D eigenvalue weighted by molar-refractivity contribution is 0.357. The smallest absolute Gasteiger partial charge is 0.328 e. The van der Waals surface area contributed by atoms with E-state index >= 15 is 0 Å². The third-order valence-corrected chi connectivity index (χ3v) is 7.24. The fourth-order valence-corrected chi connectivity index (χ4v) is 5.27. The Balaban J connectivity index is 1.46. The van der Waals surface area contributed by atoms with Crippen molar-refractivity contribution in [1.82, 2.24) is 28.2 Å². The standard InChI is InChI=1S/C28H24N6O2/c1-31-16-29-15-25(31)27-30-21-13-18(17-5-9-26-19(12-17)10-11-36-26)4-7-22(21)34(27)20-6-8-23-24(14-20)33(3)28(35)32(23)2/h4-9,12-16H,10-11H2,1-3H3. The molecule has 0 N–H and O–H groups in total. The molecule has 1 aliphatic heterocycles. The molecule has 0 fully saturated rings. The highest BCUT2D eigenvalue weighted by Gasteiger charge is 2.19. The lowest BCUT2D eigenvalue weighted by atomic mass is 10.0. The Morgan fingerprint density at radius 1 is 0.861 bits per heavy atom. The Kier molecular flexibility index (Phi) is 4.30. The summed E-state index contributed by atoms with van der Waals surface area (Å²) in [5, 5.41) is 0. The summed E-state index contributed by atoms with van der Waals surface area (Å²) in [6.07, 6.45) is 4.55. The van der Waals surface area contributed by atoms with E-state index in [2.05, 4.69) is 45.9 Å². The van der Waals surface area contributed by atoms with E-state index in [9.17, 15) is 4.79 Å². The van der Waals surface area contributed by atoms with Crippen LogP contribution < -0.4 is 10.4 Å². The van der Waals surface area contributed by atoms with Gasteiger partial charge in [0, 0.05) is 33.3 Å². The van der Waals surface area contributed by atoms with Crippen LogP contribution in [-0.4, -0.2) is 34.8 Å². The molecule has 8 heteroatoms. The second-order valence-electron chi connectivity index (χ2n) is 9.36. The SMILES string of the molecule is Cn1cncc1-c1nc2cc(-c3ccc4c(c3)CCO4)ccc2n1-c1ccc2c(c1)n(C)c(=O)n2C. The van der Waals surface area contributed by atoms with Gasteiger partial charge in [0.2, 0.25) is 0 Å². The first-order valence-corrected chi connectivity index (χ1v) is 11.9. The molecule has 3 aromatic carbocycles. The Hall–Kier alpha value is -4.59. The van der Waals surface area contributed by atoms with E-state index in [0.717, 1.165) is 69.2 Å². The Morgan fingerprint density at radius 3 is 2.47 bits per heavy atom. The van der Waals surface area contributed by atoms with Crippen molar-refractivity contribution in [1.29, 1.82) is 0 Å². The molecule has 0 radical (unpaired) electrons. The van der Waals surface area contributed by atoms with Crippen LogP contribution in [0.4, 0.5) is 0 Å². The zero-order valence-corrected chi connectivity index (χ0v) is 20.3. The normalized spacial score (nSPS) is 13.0. The Labute approximate surface area is 206 Å². The highest BCUT2D eigenvalue weighted by molar-refractivity contribution is 5.88. The molecule has 3 aromatic heterocycles. The number of imidazole rings is 3. The number of aryl methyl sites for hydroxylation is 3. The van der Waals surface area contributed by atoms with Crippen molar-refractivity contribution >= 4 is 22.1 Å². The van der Waals surface area contributed by atoms with Gasteiger partial charge < -0.3 is 9.30 Å². The van der Waals surface area contributed by atoms with Crippen LogP contribution in [0.3, 0.4) is 0 Å². The summed E-state index contributed by atoms with van der Waals surface area (Å²) in [6.45, 7) is 0.744. The van der Waals surface area contributed by atoms with Gasteiger partial charge in [-0.2, -0.15) is 0 Å². The third kappa shape index (κ3) is 2.90. The molecular formula is C28H24N6O2. The largest absolute Gasteiger partial charge is 0.493 e. The van der Waals surface area contributed by atoms with E-state index in [1.54, 1.807) is 29.6 Å². The molecule has 8 nitrogen and oxygen atoms in total. The number of hydrogen-bond donors (Lipinski definition) is 0. The zero-order valence-electron chi connectivity index (χ0n) is 20.3.